The van der Waals surface area contributed by atoms with Crippen LogP contribution in [-0.4, -0.2) is 55.0 Å². The summed E-state index contributed by atoms with van der Waals surface area (Å²) in [5.41, 5.74) is 0. The molecule has 106 valence electrons. The standard InChI is InChI=1S/C12H25N3O2S/c1-9(2)8-13-12(17)14-11(16)10(3)18-7-6-15(4)5/h9-10H,6-8H2,1-5H3,(H2,13,14,16,17). The van der Waals surface area contributed by atoms with Crippen molar-refractivity contribution in [3.63, 3.8) is 0 Å². The lowest BCUT2D eigenvalue weighted by Crippen LogP contribution is -2.43. The third-order valence-electron chi connectivity index (χ3n) is 2.18. The summed E-state index contributed by atoms with van der Waals surface area (Å²) in [6.45, 7) is 7.30. The van der Waals surface area contributed by atoms with Crippen LogP contribution in [0.5, 0.6) is 0 Å². The zero-order valence-electron chi connectivity index (χ0n) is 11.9. The number of urea groups is 1. The number of hydrogen-bond donors (Lipinski definition) is 2. The van der Waals surface area contributed by atoms with E-state index in [0.717, 1.165) is 12.3 Å². The molecule has 0 fully saturated rings. The summed E-state index contributed by atoms with van der Waals surface area (Å²) in [5.74, 6) is 1.01. The molecule has 0 aromatic rings. The van der Waals surface area contributed by atoms with E-state index in [1.807, 2.05) is 34.9 Å². The Morgan fingerprint density at radius 3 is 2.33 bits per heavy atom. The van der Waals surface area contributed by atoms with Crippen molar-refractivity contribution in [2.45, 2.75) is 26.0 Å². The van der Waals surface area contributed by atoms with Gasteiger partial charge in [-0.2, -0.15) is 0 Å². The largest absolute Gasteiger partial charge is 0.338 e. The van der Waals surface area contributed by atoms with Gasteiger partial charge >= 0.3 is 6.03 Å². The van der Waals surface area contributed by atoms with Crippen molar-refractivity contribution in [3.05, 3.63) is 0 Å². The summed E-state index contributed by atoms with van der Waals surface area (Å²) in [4.78, 5) is 25.1. The van der Waals surface area contributed by atoms with E-state index in [9.17, 15) is 9.59 Å². The molecular formula is C12H25N3O2S. The Morgan fingerprint density at radius 2 is 1.83 bits per heavy atom. The molecule has 0 aliphatic rings. The fourth-order valence-corrected chi connectivity index (χ4v) is 2.08. The molecule has 6 heteroatoms. The summed E-state index contributed by atoms with van der Waals surface area (Å²) in [6.07, 6.45) is 0. The maximum absolute atomic E-state index is 11.7. The summed E-state index contributed by atoms with van der Waals surface area (Å²) < 4.78 is 0. The summed E-state index contributed by atoms with van der Waals surface area (Å²) >= 11 is 1.55. The van der Waals surface area contributed by atoms with Crippen molar-refractivity contribution >= 4 is 23.7 Å². The van der Waals surface area contributed by atoms with Gasteiger partial charge in [-0.3, -0.25) is 10.1 Å². The van der Waals surface area contributed by atoms with Gasteiger partial charge in [-0.05, 0) is 26.9 Å². The molecule has 0 aliphatic carbocycles. The lowest BCUT2D eigenvalue weighted by atomic mass is 10.2. The molecule has 0 radical (unpaired) electrons. The van der Waals surface area contributed by atoms with Gasteiger partial charge in [0.2, 0.25) is 5.91 Å². The molecule has 5 nitrogen and oxygen atoms in total. The highest BCUT2D eigenvalue weighted by Gasteiger charge is 2.15. The van der Waals surface area contributed by atoms with Gasteiger partial charge in [0.05, 0.1) is 5.25 Å². The second kappa shape index (κ2) is 9.22. The van der Waals surface area contributed by atoms with Crippen molar-refractivity contribution in [1.82, 2.24) is 15.5 Å². The predicted molar refractivity (Wildman–Crippen MR) is 76.9 cm³/mol. The van der Waals surface area contributed by atoms with E-state index in [1.54, 1.807) is 11.8 Å². The monoisotopic (exact) mass is 275 g/mol. The Kier molecular flexibility index (Phi) is 8.83. The van der Waals surface area contributed by atoms with E-state index in [-0.39, 0.29) is 11.2 Å². The van der Waals surface area contributed by atoms with Crippen molar-refractivity contribution in [1.29, 1.82) is 0 Å². The molecule has 2 N–H and O–H groups in total. The SMILES string of the molecule is CC(C)CNC(=O)NC(=O)C(C)SCCN(C)C. The quantitative estimate of drug-likeness (QED) is 0.732. The first-order valence-corrected chi connectivity index (χ1v) is 7.22. The first kappa shape index (κ1) is 17.2. The van der Waals surface area contributed by atoms with Crippen molar-refractivity contribution in [2.75, 3.05) is 32.9 Å². The molecule has 0 aromatic heterocycles. The number of carbonyl (C=O) groups excluding carboxylic acids is 2. The highest BCUT2D eigenvalue weighted by atomic mass is 32.2. The van der Waals surface area contributed by atoms with E-state index < -0.39 is 6.03 Å². The van der Waals surface area contributed by atoms with Crippen molar-refractivity contribution < 1.29 is 9.59 Å². The van der Waals surface area contributed by atoms with Crippen molar-refractivity contribution in [2.24, 2.45) is 5.92 Å². The Labute approximate surface area is 114 Å². The van der Waals surface area contributed by atoms with Gasteiger partial charge < -0.3 is 10.2 Å². The average molecular weight is 275 g/mol. The van der Waals surface area contributed by atoms with Gasteiger partial charge in [-0.15, -0.1) is 11.8 Å². The van der Waals surface area contributed by atoms with Crippen LogP contribution in [0.2, 0.25) is 0 Å². The highest BCUT2D eigenvalue weighted by molar-refractivity contribution is 8.00. The third kappa shape index (κ3) is 9.30. The zero-order chi connectivity index (χ0) is 14.1. The van der Waals surface area contributed by atoms with Crippen LogP contribution in [0.25, 0.3) is 0 Å². The van der Waals surface area contributed by atoms with Crippen LogP contribution in [0.15, 0.2) is 0 Å². The average Bonchev–Trinajstić information content (AvgIpc) is 2.25. The molecule has 0 heterocycles. The smallest absolute Gasteiger partial charge is 0.321 e. The maximum atomic E-state index is 11.7. The van der Waals surface area contributed by atoms with Crippen LogP contribution in [0, 0.1) is 5.92 Å². The molecule has 1 unspecified atom stereocenters. The Bertz CT molecular complexity index is 270. The predicted octanol–water partition coefficient (Wildman–Crippen LogP) is 1.15. The first-order valence-electron chi connectivity index (χ1n) is 6.18. The molecule has 18 heavy (non-hydrogen) atoms. The van der Waals surface area contributed by atoms with Crippen LogP contribution in [0.1, 0.15) is 20.8 Å². The minimum absolute atomic E-state index is 0.213. The molecule has 0 aromatic carbocycles. The Balaban J connectivity index is 3.82. The molecule has 0 rings (SSSR count). The summed E-state index contributed by atoms with van der Waals surface area (Å²) in [7, 11) is 3.98. The maximum Gasteiger partial charge on any atom is 0.321 e. The summed E-state index contributed by atoms with van der Waals surface area (Å²) in [5, 5.41) is 4.79. The number of nitrogens with zero attached hydrogens (tertiary/aromatic N) is 1. The molecule has 0 saturated heterocycles. The normalized spacial score (nSPS) is 12.6. The van der Waals surface area contributed by atoms with Crippen LogP contribution in [0.3, 0.4) is 0 Å². The van der Waals surface area contributed by atoms with E-state index >= 15 is 0 Å². The van der Waals surface area contributed by atoms with Gasteiger partial charge in [0, 0.05) is 18.8 Å². The second-order valence-corrected chi connectivity index (χ2v) is 6.36. The number of hydrogen-bond acceptors (Lipinski definition) is 4. The minimum atomic E-state index is -0.409. The Morgan fingerprint density at radius 1 is 1.22 bits per heavy atom. The van der Waals surface area contributed by atoms with E-state index in [2.05, 4.69) is 15.5 Å². The van der Waals surface area contributed by atoms with Crippen LogP contribution < -0.4 is 10.6 Å². The van der Waals surface area contributed by atoms with Gasteiger partial charge in [0.1, 0.15) is 0 Å². The molecule has 0 saturated carbocycles. The van der Waals surface area contributed by atoms with Crippen molar-refractivity contribution in [3.8, 4) is 0 Å². The van der Waals surface area contributed by atoms with Gasteiger partial charge in [0.15, 0.2) is 0 Å². The van der Waals surface area contributed by atoms with Gasteiger partial charge in [-0.25, -0.2) is 4.79 Å². The van der Waals surface area contributed by atoms with Crippen LogP contribution in [-0.2, 0) is 4.79 Å². The number of nitrogens with one attached hydrogen (secondary N) is 2. The lowest BCUT2D eigenvalue weighted by molar-refractivity contribution is -0.119. The number of carbonyl (C=O) groups is 2. The first-order chi connectivity index (χ1) is 8.32. The van der Waals surface area contributed by atoms with Gasteiger partial charge in [-0.1, -0.05) is 13.8 Å². The highest BCUT2D eigenvalue weighted by Crippen LogP contribution is 2.09. The summed E-state index contributed by atoms with van der Waals surface area (Å²) in [6, 6.07) is -0.409. The number of amides is 3. The van der Waals surface area contributed by atoms with E-state index in [0.29, 0.717) is 12.5 Å². The van der Waals surface area contributed by atoms with Crippen LogP contribution >= 0.6 is 11.8 Å². The fourth-order valence-electron chi connectivity index (χ4n) is 1.04. The zero-order valence-corrected chi connectivity index (χ0v) is 12.8. The number of rotatable bonds is 7. The molecule has 0 aliphatic heterocycles. The van der Waals surface area contributed by atoms with Crippen LogP contribution in [0.4, 0.5) is 4.79 Å². The molecule has 1 atom stereocenters. The molecular weight excluding hydrogens is 250 g/mol. The van der Waals surface area contributed by atoms with E-state index in [1.165, 1.54) is 0 Å². The fraction of sp³-hybridized carbons (Fsp3) is 0.833. The topological polar surface area (TPSA) is 61.4 Å². The molecule has 0 spiro atoms. The lowest BCUT2D eigenvalue weighted by Gasteiger charge is -2.14. The Hall–Kier alpha value is -0.750. The van der Waals surface area contributed by atoms with Gasteiger partial charge in [0.25, 0.3) is 0 Å². The third-order valence-corrected chi connectivity index (χ3v) is 3.32. The number of imide groups is 1. The second-order valence-electron chi connectivity index (χ2n) is 4.91. The number of thioether (sulfide) groups is 1. The minimum Gasteiger partial charge on any atom is -0.338 e. The molecule has 0 bridgehead atoms. The van der Waals surface area contributed by atoms with E-state index in [4.69, 9.17) is 0 Å². The molecule has 3 amide bonds.